The smallest absolute Gasteiger partial charge is 0.410 e. The summed E-state index contributed by atoms with van der Waals surface area (Å²) in [4.78, 5) is 19.6. The van der Waals surface area contributed by atoms with Gasteiger partial charge in [0.05, 0.1) is 10.9 Å². The first-order valence-electron chi connectivity index (χ1n) is 15.0. The average Bonchev–Trinajstić information content (AvgIpc) is 3.02. The summed E-state index contributed by atoms with van der Waals surface area (Å²) in [7, 11) is -4.02. The lowest BCUT2D eigenvalue weighted by molar-refractivity contribution is 0.0253. The Labute approximate surface area is 280 Å². The molecule has 2 fully saturated rings. The summed E-state index contributed by atoms with van der Waals surface area (Å²) < 4.78 is 96.7. The van der Waals surface area contributed by atoms with Crippen LogP contribution in [-0.4, -0.2) is 72.3 Å². The minimum atomic E-state index is -4.02. The third-order valence-electron chi connectivity index (χ3n) is 7.26. The van der Waals surface area contributed by atoms with Crippen molar-refractivity contribution >= 4 is 16.2 Å². The van der Waals surface area contributed by atoms with Gasteiger partial charge in [0.1, 0.15) is 19.8 Å². The number of benzene rings is 2. The third kappa shape index (κ3) is 11.7. The van der Waals surface area contributed by atoms with Crippen LogP contribution in [0, 0.1) is 30.7 Å². The minimum absolute atomic E-state index is 0.0000926. The molecule has 2 aromatic heterocycles. The van der Waals surface area contributed by atoms with Crippen molar-refractivity contribution in [2.75, 3.05) is 26.3 Å². The molecule has 0 saturated carbocycles. The molecule has 11 nitrogen and oxygen atoms in total. The summed E-state index contributed by atoms with van der Waals surface area (Å²) in [5, 5.41) is 3.10. The van der Waals surface area contributed by atoms with Crippen LogP contribution in [0.25, 0.3) is 0 Å². The Hall–Kier alpha value is -4.80. The van der Waals surface area contributed by atoms with Crippen molar-refractivity contribution in [3.05, 3.63) is 114 Å². The number of amides is 1. The number of hydrogen-bond donors (Lipinski definition) is 2. The van der Waals surface area contributed by atoms with Gasteiger partial charge in [0.15, 0.2) is 11.5 Å². The van der Waals surface area contributed by atoms with Gasteiger partial charge in [-0.3, -0.25) is 4.55 Å². The normalized spacial score (nSPS) is 16.4. The van der Waals surface area contributed by atoms with Crippen LogP contribution >= 0.6 is 0 Å². The summed E-state index contributed by atoms with van der Waals surface area (Å²) >= 11 is 0. The number of pyridine rings is 2. The van der Waals surface area contributed by atoms with E-state index in [2.05, 4.69) is 15.3 Å². The molecule has 0 aliphatic carbocycles. The topological polar surface area (TPSA) is 140 Å². The van der Waals surface area contributed by atoms with Crippen LogP contribution < -0.4 is 14.8 Å². The second kappa shape index (κ2) is 17.6. The molecule has 262 valence electrons. The van der Waals surface area contributed by atoms with Gasteiger partial charge < -0.3 is 24.4 Å². The summed E-state index contributed by atoms with van der Waals surface area (Å²) in [6, 6.07) is 19.9. The predicted molar refractivity (Wildman–Crippen MR) is 168 cm³/mol. The highest BCUT2D eigenvalue weighted by Gasteiger charge is 2.34. The van der Waals surface area contributed by atoms with Crippen LogP contribution in [0.15, 0.2) is 83.8 Å². The van der Waals surface area contributed by atoms with Gasteiger partial charge >= 0.3 is 6.09 Å². The second-order valence-corrected chi connectivity index (χ2v) is 12.3. The van der Waals surface area contributed by atoms with Gasteiger partial charge in [-0.1, -0.05) is 48.0 Å². The fraction of sp³-hybridized carbons (Fsp3) is 0.303. The van der Waals surface area contributed by atoms with Crippen LogP contribution in [0.3, 0.4) is 0 Å². The van der Waals surface area contributed by atoms with E-state index in [0.29, 0.717) is 13.2 Å². The number of ether oxygens (including phenoxy) is 3. The first-order valence-corrected chi connectivity index (χ1v) is 16.5. The Morgan fingerprint density at radius 3 is 1.90 bits per heavy atom. The molecule has 16 heteroatoms. The van der Waals surface area contributed by atoms with Crippen LogP contribution in [-0.2, 0) is 21.5 Å². The Morgan fingerprint density at radius 2 is 1.43 bits per heavy atom. The number of halogens is 4. The molecule has 49 heavy (non-hydrogen) atoms. The van der Waals surface area contributed by atoms with Crippen molar-refractivity contribution in [1.29, 1.82) is 0 Å². The highest BCUT2D eigenvalue weighted by Crippen LogP contribution is 2.22. The zero-order valence-corrected chi connectivity index (χ0v) is 27.1. The molecule has 2 N–H and O–H groups in total. The Balaban J connectivity index is 0.000000183. The van der Waals surface area contributed by atoms with Gasteiger partial charge in [-0.25, -0.2) is 4.79 Å². The molecule has 0 radical (unpaired) electrons. The monoisotopic (exact) mass is 706 g/mol. The second-order valence-electron chi connectivity index (χ2n) is 10.9. The largest absolute Gasteiger partial charge is 0.487 e. The number of nitrogens with one attached hydrogen (secondary N) is 1. The van der Waals surface area contributed by atoms with E-state index in [1.165, 1.54) is 29.2 Å². The van der Waals surface area contributed by atoms with Crippen molar-refractivity contribution < 1.29 is 49.5 Å². The van der Waals surface area contributed by atoms with Crippen LogP contribution in [0.4, 0.5) is 22.4 Å². The molecule has 6 rings (SSSR count). The molecule has 2 atom stereocenters. The van der Waals surface area contributed by atoms with E-state index in [4.69, 9.17) is 18.8 Å². The van der Waals surface area contributed by atoms with Crippen LogP contribution in [0.2, 0.25) is 0 Å². The zero-order valence-electron chi connectivity index (χ0n) is 26.3. The fourth-order valence-corrected chi connectivity index (χ4v) is 4.73. The highest BCUT2D eigenvalue weighted by molar-refractivity contribution is 7.85. The van der Waals surface area contributed by atoms with Crippen molar-refractivity contribution in [2.45, 2.75) is 43.4 Å². The lowest BCUT2D eigenvalue weighted by Crippen LogP contribution is -2.54. The molecule has 1 amide bonds. The standard InChI is InChI=1S/C17H16F2N2O3.C9H10F2N2O.C7H8O3S/c18-15-7-6-14(16(19)20-15)23-11-13-8-9-21(13)17(22)24-10-12-4-2-1-3-5-12;10-8-2-1-7(9(11)13-8)14-5-6-3-4-12-6;1-6-2-4-7(5-3-6)11(8,9)10/h1-7,13H,8-11H2;1-2,6,12H,3-5H2;2-5H,1H3,(H,8,9,10)/t13-;6-;/m00./s1. The van der Waals surface area contributed by atoms with E-state index >= 15 is 0 Å². The van der Waals surface area contributed by atoms with E-state index in [0.717, 1.165) is 42.6 Å². The molecule has 0 spiro atoms. The Bertz CT molecular complexity index is 1780. The van der Waals surface area contributed by atoms with Gasteiger partial charge in [0.2, 0.25) is 11.9 Å². The average molecular weight is 707 g/mol. The zero-order chi connectivity index (χ0) is 35.4. The first-order chi connectivity index (χ1) is 23.4. The van der Waals surface area contributed by atoms with Gasteiger partial charge in [-0.15, -0.1) is 0 Å². The molecule has 2 aromatic carbocycles. The van der Waals surface area contributed by atoms with Crippen LogP contribution in [0.1, 0.15) is 24.0 Å². The van der Waals surface area contributed by atoms with Gasteiger partial charge in [-0.05, 0) is 68.3 Å². The maximum absolute atomic E-state index is 13.4. The molecular weight excluding hydrogens is 672 g/mol. The summed E-state index contributed by atoms with van der Waals surface area (Å²) in [6.45, 7) is 4.06. The number of aromatic nitrogens is 2. The highest BCUT2D eigenvalue weighted by atomic mass is 32.2. The molecule has 2 aliphatic rings. The van der Waals surface area contributed by atoms with Crippen molar-refractivity contribution in [1.82, 2.24) is 20.2 Å². The summed E-state index contributed by atoms with van der Waals surface area (Å²) in [5.41, 5.74) is 1.86. The SMILES string of the molecule is Cc1ccc(S(=O)(=O)O)cc1.Fc1ccc(OC[C@@H]2CCN2)c(F)n1.O=C(OCc1ccccc1)N1CC[C@H]1COc1ccc(F)nc1F. The molecule has 0 unspecified atom stereocenters. The molecule has 2 saturated heterocycles. The Morgan fingerprint density at radius 1 is 0.857 bits per heavy atom. The van der Waals surface area contributed by atoms with Gasteiger partial charge in [0.25, 0.3) is 22.0 Å². The van der Waals surface area contributed by atoms with Crippen LogP contribution in [0.5, 0.6) is 11.5 Å². The predicted octanol–water partition coefficient (Wildman–Crippen LogP) is 5.49. The molecule has 4 aromatic rings. The van der Waals surface area contributed by atoms with Gasteiger partial charge in [-0.2, -0.15) is 35.9 Å². The van der Waals surface area contributed by atoms with Crippen molar-refractivity contribution in [2.24, 2.45) is 0 Å². The maximum Gasteiger partial charge on any atom is 0.410 e. The van der Waals surface area contributed by atoms with E-state index < -0.39 is 40.0 Å². The fourth-order valence-electron chi connectivity index (χ4n) is 4.25. The number of carbonyl (C=O) groups excluding carboxylic acids is 1. The van der Waals surface area contributed by atoms with E-state index in [1.807, 2.05) is 37.3 Å². The van der Waals surface area contributed by atoms with Crippen molar-refractivity contribution in [3.63, 3.8) is 0 Å². The quantitative estimate of drug-likeness (QED) is 0.130. The van der Waals surface area contributed by atoms with Crippen molar-refractivity contribution in [3.8, 4) is 11.5 Å². The summed E-state index contributed by atoms with van der Waals surface area (Å²) in [5.74, 6) is -3.79. The molecule has 2 aliphatic heterocycles. The number of nitrogens with zero attached hydrogens (tertiary/aromatic N) is 3. The minimum Gasteiger partial charge on any atom is -0.487 e. The number of likely N-dealkylation sites (tertiary alicyclic amines) is 1. The first kappa shape index (κ1) is 37.0. The molecule has 4 heterocycles. The number of aryl methyl sites for hydroxylation is 1. The number of hydrogen-bond acceptors (Lipinski definition) is 9. The van der Waals surface area contributed by atoms with Gasteiger partial charge in [0, 0.05) is 12.6 Å². The lowest BCUT2D eigenvalue weighted by atomic mass is 10.1. The third-order valence-corrected chi connectivity index (χ3v) is 8.13. The maximum atomic E-state index is 13.4. The molecule has 0 bridgehead atoms. The Kier molecular flexibility index (Phi) is 13.3. The lowest BCUT2D eigenvalue weighted by Gasteiger charge is -2.39. The van der Waals surface area contributed by atoms with E-state index in [9.17, 15) is 30.8 Å². The number of rotatable bonds is 9. The molecular formula is C33H34F4N4O7S. The number of carbonyl (C=O) groups is 1. The summed E-state index contributed by atoms with van der Waals surface area (Å²) in [6.07, 6.45) is 1.32. The van der Waals surface area contributed by atoms with E-state index in [-0.39, 0.29) is 41.7 Å². The van der Waals surface area contributed by atoms with E-state index in [1.54, 1.807) is 12.1 Å².